The van der Waals surface area contributed by atoms with Crippen LogP contribution in [-0.2, 0) is 0 Å². The zero-order valence-electron chi connectivity index (χ0n) is 10.3. The standard InChI is InChI=1S/C13H26N2O/c14-9-11-5-2-1-3-7-13(11)15-8-4-6-12(15)10-16/h11-13,16H,1-10,14H2. The summed E-state index contributed by atoms with van der Waals surface area (Å²) in [5, 5.41) is 9.42. The summed E-state index contributed by atoms with van der Waals surface area (Å²) in [5.74, 6) is 0.662. The summed E-state index contributed by atoms with van der Waals surface area (Å²) in [5.41, 5.74) is 5.93. The zero-order valence-corrected chi connectivity index (χ0v) is 10.3. The van der Waals surface area contributed by atoms with E-state index in [0.717, 1.165) is 6.54 Å². The van der Waals surface area contributed by atoms with Crippen LogP contribution in [-0.4, -0.2) is 41.8 Å². The van der Waals surface area contributed by atoms with E-state index in [2.05, 4.69) is 4.90 Å². The molecule has 0 radical (unpaired) electrons. The third-order valence-electron chi connectivity index (χ3n) is 4.48. The van der Waals surface area contributed by atoms with Crippen LogP contribution in [0.25, 0.3) is 0 Å². The van der Waals surface area contributed by atoms with E-state index in [0.29, 0.717) is 24.6 Å². The fourth-order valence-corrected chi connectivity index (χ4v) is 3.57. The van der Waals surface area contributed by atoms with Crippen molar-refractivity contribution < 1.29 is 5.11 Å². The van der Waals surface area contributed by atoms with Crippen molar-refractivity contribution in [2.45, 2.75) is 57.0 Å². The first kappa shape index (κ1) is 12.3. The third kappa shape index (κ3) is 2.58. The SMILES string of the molecule is NCC1CCCCCC1N1CCCC1CO. The average molecular weight is 226 g/mol. The first-order valence-corrected chi connectivity index (χ1v) is 6.93. The van der Waals surface area contributed by atoms with Crippen molar-refractivity contribution in [2.75, 3.05) is 19.7 Å². The molecule has 2 rings (SSSR count). The van der Waals surface area contributed by atoms with Gasteiger partial charge in [0.05, 0.1) is 6.61 Å². The Morgan fingerprint density at radius 1 is 1.06 bits per heavy atom. The maximum Gasteiger partial charge on any atom is 0.0586 e. The smallest absolute Gasteiger partial charge is 0.0586 e. The van der Waals surface area contributed by atoms with Crippen molar-refractivity contribution in [2.24, 2.45) is 11.7 Å². The molecular formula is C13H26N2O. The van der Waals surface area contributed by atoms with E-state index in [9.17, 15) is 5.11 Å². The minimum absolute atomic E-state index is 0.327. The molecule has 1 saturated heterocycles. The molecule has 3 unspecified atom stereocenters. The summed E-state index contributed by atoms with van der Waals surface area (Å²) in [7, 11) is 0. The topological polar surface area (TPSA) is 49.5 Å². The second-order valence-corrected chi connectivity index (χ2v) is 5.42. The molecule has 0 aromatic rings. The van der Waals surface area contributed by atoms with Gasteiger partial charge in [0.1, 0.15) is 0 Å². The van der Waals surface area contributed by atoms with Gasteiger partial charge in [-0.1, -0.05) is 19.3 Å². The fourth-order valence-electron chi connectivity index (χ4n) is 3.57. The number of nitrogens with zero attached hydrogens (tertiary/aromatic N) is 1. The van der Waals surface area contributed by atoms with Crippen molar-refractivity contribution in [3.63, 3.8) is 0 Å². The molecule has 3 nitrogen and oxygen atoms in total. The lowest BCUT2D eigenvalue weighted by Gasteiger charge is -2.36. The third-order valence-corrected chi connectivity index (χ3v) is 4.48. The van der Waals surface area contributed by atoms with Crippen LogP contribution in [0.5, 0.6) is 0 Å². The van der Waals surface area contributed by atoms with E-state index < -0.39 is 0 Å². The van der Waals surface area contributed by atoms with Crippen LogP contribution in [0.1, 0.15) is 44.9 Å². The summed E-state index contributed by atoms with van der Waals surface area (Å²) in [6.07, 6.45) is 9.05. The largest absolute Gasteiger partial charge is 0.395 e. The van der Waals surface area contributed by atoms with Crippen molar-refractivity contribution in [1.82, 2.24) is 4.90 Å². The lowest BCUT2D eigenvalue weighted by atomic mass is 9.93. The highest BCUT2D eigenvalue weighted by Crippen LogP contribution is 2.31. The van der Waals surface area contributed by atoms with Crippen LogP contribution in [0.3, 0.4) is 0 Å². The predicted octanol–water partition coefficient (Wildman–Crippen LogP) is 1.35. The maximum absolute atomic E-state index is 9.42. The quantitative estimate of drug-likeness (QED) is 0.714. The predicted molar refractivity (Wildman–Crippen MR) is 66.2 cm³/mol. The van der Waals surface area contributed by atoms with Crippen LogP contribution < -0.4 is 5.73 Å². The van der Waals surface area contributed by atoms with Gasteiger partial charge in [0.2, 0.25) is 0 Å². The highest BCUT2D eigenvalue weighted by Gasteiger charge is 2.34. The molecule has 1 aliphatic carbocycles. The minimum Gasteiger partial charge on any atom is -0.395 e. The Kier molecular flexibility index (Phi) is 4.62. The number of nitrogens with two attached hydrogens (primary N) is 1. The minimum atomic E-state index is 0.327. The van der Waals surface area contributed by atoms with Gasteiger partial charge in [-0.2, -0.15) is 0 Å². The molecule has 0 aromatic carbocycles. The molecule has 1 saturated carbocycles. The molecule has 0 bridgehead atoms. The van der Waals surface area contributed by atoms with E-state index in [1.807, 2.05) is 0 Å². The van der Waals surface area contributed by atoms with Gasteiger partial charge in [0.15, 0.2) is 0 Å². The first-order valence-electron chi connectivity index (χ1n) is 6.93. The molecule has 0 amide bonds. The number of hydrogen-bond donors (Lipinski definition) is 2. The molecule has 3 N–H and O–H groups in total. The van der Waals surface area contributed by atoms with Crippen LogP contribution in [0.15, 0.2) is 0 Å². The van der Waals surface area contributed by atoms with Gasteiger partial charge in [-0.3, -0.25) is 4.90 Å². The summed E-state index contributed by atoms with van der Waals surface area (Å²) in [4.78, 5) is 2.56. The number of rotatable bonds is 3. The van der Waals surface area contributed by atoms with Gasteiger partial charge < -0.3 is 10.8 Å². The molecule has 94 valence electrons. The van der Waals surface area contributed by atoms with Crippen LogP contribution >= 0.6 is 0 Å². The monoisotopic (exact) mass is 226 g/mol. The molecule has 3 atom stereocenters. The lowest BCUT2D eigenvalue weighted by molar-refractivity contribution is 0.0843. The van der Waals surface area contributed by atoms with Gasteiger partial charge in [0.25, 0.3) is 0 Å². The Morgan fingerprint density at radius 2 is 1.88 bits per heavy atom. The molecule has 1 aliphatic heterocycles. The maximum atomic E-state index is 9.42. The Bertz CT molecular complexity index is 210. The van der Waals surface area contributed by atoms with Crippen molar-refractivity contribution >= 4 is 0 Å². The summed E-state index contributed by atoms with van der Waals surface area (Å²) >= 11 is 0. The molecule has 2 aliphatic rings. The Morgan fingerprint density at radius 3 is 2.62 bits per heavy atom. The van der Waals surface area contributed by atoms with E-state index >= 15 is 0 Å². The summed E-state index contributed by atoms with van der Waals surface area (Å²) < 4.78 is 0. The van der Waals surface area contributed by atoms with Crippen molar-refractivity contribution in [3.8, 4) is 0 Å². The highest BCUT2D eigenvalue weighted by molar-refractivity contribution is 4.89. The molecule has 16 heavy (non-hydrogen) atoms. The van der Waals surface area contributed by atoms with E-state index in [4.69, 9.17) is 5.73 Å². The molecule has 0 aromatic heterocycles. The van der Waals surface area contributed by atoms with Gasteiger partial charge in [-0.05, 0) is 44.7 Å². The van der Waals surface area contributed by atoms with Crippen molar-refractivity contribution in [1.29, 1.82) is 0 Å². The first-order chi connectivity index (χ1) is 7.86. The van der Waals surface area contributed by atoms with Crippen molar-refractivity contribution in [3.05, 3.63) is 0 Å². The Balaban J connectivity index is 2.03. The van der Waals surface area contributed by atoms with E-state index in [-0.39, 0.29) is 0 Å². The van der Waals surface area contributed by atoms with Gasteiger partial charge in [-0.15, -0.1) is 0 Å². The Hall–Kier alpha value is -0.120. The van der Waals surface area contributed by atoms with Crippen LogP contribution in [0, 0.1) is 5.92 Å². The molecule has 1 heterocycles. The number of likely N-dealkylation sites (tertiary alicyclic amines) is 1. The van der Waals surface area contributed by atoms with Gasteiger partial charge in [-0.25, -0.2) is 0 Å². The average Bonchev–Trinajstić information content (AvgIpc) is 2.66. The Labute approximate surface area is 99.0 Å². The summed E-state index contributed by atoms with van der Waals surface area (Å²) in [6, 6.07) is 1.06. The normalized spacial score (nSPS) is 37.5. The molecular weight excluding hydrogens is 200 g/mol. The summed E-state index contributed by atoms with van der Waals surface area (Å²) in [6.45, 7) is 2.32. The lowest BCUT2D eigenvalue weighted by Crippen LogP contribution is -2.46. The number of hydrogen-bond acceptors (Lipinski definition) is 3. The molecule has 2 fully saturated rings. The highest BCUT2D eigenvalue weighted by atomic mass is 16.3. The molecule has 0 spiro atoms. The van der Waals surface area contributed by atoms with E-state index in [1.165, 1.54) is 51.5 Å². The van der Waals surface area contributed by atoms with Gasteiger partial charge >= 0.3 is 0 Å². The van der Waals surface area contributed by atoms with E-state index in [1.54, 1.807) is 0 Å². The zero-order chi connectivity index (χ0) is 11.4. The second-order valence-electron chi connectivity index (χ2n) is 5.42. The molecule has 3 heteroatoms. The fraction of sp³-hybridized carbons (Fsp3) is 1.00. The van der Waals surface area contributed by atoms with Crippen LogP contribution in [0.2, 0.25) is 0 Å². The van der Waals surface area contributed by atoms with Gasteiger partial charge in [0, 0.05) is 12.1 Å². The second kappa shape index (κ2) is 5.99. The number of aliphatic hydroxyl groups is 1. The number of aliphatic hydroxyl groups excluding tert-OH is 1. The van der Waals surface area contributed by atoms with Crippen LogP contribution in [0.4, 0.5) is 0 Å².